The predicted octanol–water partition coefficient (Wildman–Crippen LogP) is -1.30. The van der Waals surface area contributed by atoms with Gasteiger partial charge in [-0.3, -0.25) is 4.79 Å². The number of nitrogens with two attached hydrogens (primary N) is 1. The second-order valence-corrected chi connectivity index (χ2v) is 3.83. The number of carbonyl (C=O) groups excluding carboxylic acids is 2. The number of ether oxygens (including phenoxy) is 1. The van der Waals surface area contributed by atoms with Gasteiger partial charge in [0.05, 0.1) is 6.61 Å². The smallest absolute Gasteiger partial charge is 0.409 e. The standard InChI is InChI=1S/C10H17N3O5/c1-2-18-10(17)13-5-3-12(4-6-13)8(14)7(11)9(15)16/h7H,2-6,11H2,1H3,(H,15,16). The molecule has 0 aliphatic carbocycles. The molecule has 1 saturated heterocycles. The maximum absolute atomic E-state index is 11.6. The van der Waals surface area contributed by atoms with Crippen LogP contribution >= 0.6 is 0 Å². The SMILES string of the molecule is CCOC(=O)N1CCN(C(=O)C(N)C(=O)O)CC1. The fourth-order valence-corrected chi connectivity index (χ4v) is 1.63. The minimum Gasteiger partial charge on any atom is -0.480 e. The third kappa shape index (κ3) is 3.33. The molecule has 0 aromatic rings. The first-order valence-electron chi connectivity index (χ1n) is 5.66. The number of hydrogen-bond acceptors (Lipinski definition) is 5. The van der Waals surface area contributed by atoms with Gasteiger partial charge in [-0.1, -0.05) is 0 Å². The molecule has 8 nitrogen and oxygen atoms in total. The summed E-state index contributed by atoms with van der Waals surface area (Å²) < 4.78 is 4.83. The van der Waals surface area contributed by atoms with E-state index in [1.165, 1.54) is 9.80 Å². The van der Waals surface area contributed by atoms with Gasteiger partial charge >= 0.3 is 12.1 Å². The van der Waals surface area contributed by atoms with E-state index in [1.54, 1.807) is 6.92 Å². The Balaban J connectivity index is 2.46. The predicted molar refractivity (Wildman–Crippen MR) is 60.8 cm³/mol. The van der Waals surface area contributed by atoms with Gasteiger partial charge in [0.25, 0.3) is 5.91 Å². The highest BCUT2D eigenvalue weighted by Crippen LogP contribution is 2.05. The van der Waals surface area contributed by atoms with E-state index in [4.69, 9.17) is 15.6 Å². The van der Waals surface area contributed by atoms with Crippen molar-refractivity contribution in [3.8, 4) is 0 Å². The van der Waals surface area contributed by atoms with Crippen molar-refractivity contribution in [3.05, 3.63) is 0 Å². The molecular formula is C10H17N3O5. The maximum atomic E-state index is 11.6. The molecule has 0 spiro atoms. The van der Waals surface area contributed by atoms with Gasteiger partial charge in [-0.15, -0.1) is 0 Å². The number of carboxylic acids is 1. The van der Waals surface area contributed by atoms with Gasteiger partial charge in [-0.05, 0) is 6.92 Å². The molecule has 1 heterocycles. The number of rotatable bonds is 3. The van der Waals surface area contributed by atoms with Crippen LogP contribution < -0.4 is 5.73 Å². The Morgan fingerprint density at radius 3 is 2.17 bits per heavy atom. The first-order valence-corrected chi connectivity index (χ1v) is 5.66. The second-order valence-electron chi connectivity index (χ2n) is 3.83. The monoisotopic (exact) mass is 259 g/mol. The van der Waals surface area contributed by atoms with Crippen LogP contribution in [0.5, 0.6) is 0 Å². The summed E-state index contributed by atoms with van der Waals surface area (Å²) in [4.78, 5) is 36.4. The summed E-state index contributed by atoms with van der Waals surface area (Å²) in [6.07, 6.45) is -0.424. The molecule has 18 heavy (non-hydrogen) atoms. The Kier molecular flexibility index (Phi) is 4.90. The third-order valence-electron chi connectivity index (χ3n) is 2.65. The van der Waals surface area contributed by atoms with Crippen LogP contribution in [-0.2, 0) is 14.3 Å². The van der Waals surface area contributed by atoms with Crippen molar-refractivity contribution >= 4 is 18.0 Å². The van der Waals surface area contributed by atoms with E-state index in [0.717, 1.165) is 0 Å². The first-order chi connectivity index (χ1) is 8.47. The van der Waals surface area contributed by atoms with Crippen LogP contribution in [0.15, 0.2) is 0 Å². The number of amides is 2. The van der Waals surface area contributed by atoms with E-state index in [0.29, 0.717) is 19.7 Å². The molecule has 1 atom stereocenters. The largest absolute Gasteiger partial charge is 0.480 e. The van der Waals surface area contributed by atoms with Crippen LogP contribution in [-0.4, -0.2) is 71.7 Å². The minimum atomic E-state index is -1.54. The molecule has 1 rings (SSSR count). The summed E-state index contributed by atoms with van der Waals surface area (Å²) in [6, 6.07) is -1.54. The van der Waals surface area contributed by atoms with E-state index in [9.17, 15) is 14.4 Å². The quantitative estimate of drug-likeness (QED) is 0.609. The van der Waals surface area contributed by atoms with Gasteiger partial charge in [0.15, 0.2) is 6.04 Å². The average Bonchev–Trinajstić information content (AvgIpc) is 2.37. The van der Waals surface area contributed by atoms with E-state index < -0.39 is 24.0 Å². The van der Waals surface area contributed by atoms with Crippen molar-refractivity contribution < 1.29 is 24.2 Å². The second kappa shape index (κ2) is 6.20. The zero-order chi connectivity index (χ0) is 13.7. The Morgan fingerprint density at radius 2 is 1.72 bits per heavy atom. The molecule has 0 aromatic carbocycles. The lowest BCUT2D eigenvalue weighted by Gasteiger charge is -2.34. The number of carbonyl (C=O) groups is 3. The highest BCUT2D eigenvalue weighted by molar-refractivity contribution is 6.00. The van der Waals surface area contributed by atoms with Crippen molar-refractivity contribution in [1.29, 1.82) is 0 Å². The highest BCUT2D eigenvalue weighted by atomic mass is 16.6. The number of aliphatic carboxylic acids is 1. The number of carboxylic acid groups (broad SMARTS) is 1. The van der Waals surface area contributed by atoms with Gasteiger partial charge < -0.3 is 25.4 Å². The first kappa shape index (κ1) is 14.2. The molecule has 8 heteroatoms. The van der Waals surface area contributed by atoms with Gasteiger partial charge in [0, 0.05) is 26.2 Å². The molecule has 0 bridgehead atoms. The molecule has 0 saturated carbocycles. The number of nitrogens with zero attached hydrogens (tertiary/aromatic N) is 2. The van der Waals surface area contributed by atoms with Crippen molar-refractivity contribution in [2.45, 2.75) is 13.0 Å². The van der Waals surface area contributed by atoms with Crippen molar-refractivity contribution in [1.82, 2.24) is 9.80 Å². The summed E-state index contributed by atoms with van der Waals surface area (Å²) in [6.45, 7) is 3.16. The molecule has 1 fully saturated rings. The average molecular weight is 259 g/mol. The molecule has 1 unspecified atom stereocenters. The van der Waals surface area contributed by atoms with E-state index in [1.807, 2.05) is 0 Å². The highest BCUT2D eigenvalue weighted by Gasteiger charge is 2.30. The van der Waals surface area contributed by atoms with Gasteiger partial charge in [0.1, 0.15) is 0 Å². The van der Waals surface area contributed by atoms with Gasteiger partial charge in [0.2, 0.25) is 0 Å². The van der Waals surface area contributed by atoms with Gasteiger partial charge in [-0.2, -0.15) is 0 Å². The van der Waals surface area contributed by atoms with E-state index in [-0.39, 0.29) is 13.1 Å². The minimum absolute atomic E-state index is 0.263. The Morgan fingerprint density at radius 1 is 1.22 bits per heavy atom. The Labute approximate surface area is 104 Å². The lowest BCUT2D eigenvalue weighted by molar-refractivity contribution is -0.147. The molecular weight excluding hydrogens is 242 g/mol. The van der Waals surface area contributed by atoms with Crippen molar-refractivity contribution in [2.75, 3.05) is 32.8 Å². The van der Waals surface area contributed by atoms with Crippen LogP contribution in [0.1, 0.15) is 6.92 Å². The topological polar surface area (TPSA) is 113 Å². The van der Waals surface area contributed by atoms with Crippen molar-refractivity contribution in [3.63, 3.8) is 0 Å². The lowest BCUT2D eigenvalue weighted by Crippen LogP contribution is -2.56. The van der Waals surface area contributed by atoms with Crippen LogP contribution in [0.3, 0.4) is 0 Å². The lowest BCUT2D eigenvalue weighted by atomic mass is 10.2. The maximum Gasteiger partial charge on any atom is 0.409 e. The van der Waals surface area contributed by atoms with E-state index >= 15 is 0 Å². The molecule has 102 valence electrons. The summed E-state index contributed by atoms with van der Waals surface area (Å²) in [5.41, 5.74) is 5.24. The Bertz CT molecular complexity index is 338. The Hall–Kier alpha value is -1.83. The third-order valence-corrected chi connectivity index (χ3v) is 2.65. The van der Waals surface area contributed by atoms with Crippen LogP contribution in [0.25, 0.3) is 0 Å². The fraction of sp³-hybridized carbons (Fsp3) is 0.700. The van der Waals surface area contributed by atoms with E-state index in [2.05, 4.69) is 0 Å². The van der Waals surface area contributed by atoms with Gasteiger partial charge in [-0.25, -0.2) is 9.59 Å². The summed E-state index contributed by atoms with van der Waals surface area (Å²) in [7, 11) is 0. The fourth-order valence-electron chi connectivity index (χ4n) is 1.63. The molecule has 2 amide bonds. The van der Waals surface area contributed by atoms with Crippen LogP contribution in [0.4, 0.5) is 4.79 Å². The molecule has 0 aromatic heterocycles. The zero-order valence-corrected chi connectivity index (χ0v) is 10.2. The number of hydrogen-bond donors (Lipinski definition) is 2. The summed E-state index contributed by atoms with van der Waals surface area (Å²) in [5, 5.41) is 8.64. The summed E-state index contributed by atoms with van der Waals surface area (Å²) >= 11 is 0. The van der Waals surface area contributed by atoms with Crippen molar-refractivity contribution in [2.24, 2.45) is 5.73 Å². The van der Waals surface area contributed by atoms with Crippen LogP contribution in [0.2, 0.25) is 0 Å². The molecule has 0 radical (unpaired) electrons. The normalized spacial score (nSPS) is 17.2. The molecule has 1 aliphatic heterocycles. The zero-order valence-electron chi connectivity index (χ0n) is 10.2. The molecule has 3 N–H and O–H groups in total. The van der Waals surface area contributed by atoms with Crippen LogP contribution in [0, 0.1) is 0 Å². The summed E-state index contributed by atoms with van der Waals surface area (Å²) in [5.74, 6) is -1.99. The number of piperazine rings is 1. The molecule has 1 aliphatic rings.